The normalized spacial score (nSPS) is 18.0. The van der Waals surface area contributed by atoms with Crippen molar-refractivity contribution in [1.29, 1.82) is 0 Å². The Balaban J connectivity index is 1.67. The number of hydrogen-bond acceptors (Lipinski definition) is 3. The van der Waals surface area contributed by atoms with Gasteiger partial charge in [-0.1, -0.05) is 23.8 Å². The van der Waals surface area contributed by atoms with Gasteiger partial charge in [0.25, 0.3) is 5.91 Å². The van der Waals surface area contributed by atoms with Crippen LogP contribution in [-0.2, 0) is 4.79 Å². The molecule has 0 bridgehead atoms. The third-order valence-electron chi connectivity index (χ3n) is 3.55. The van der Waals surface area contributed by atoms with Crippen LogP contribution in [0.4, 0.5) is 5.69 Å². The van der Waals surface area contributed by atoms with E-state index in [9.17, 15) is 9.59 Å². The van der Waals surface area contributed by atoms with Crippen LogP contribution >= 0.6 is 11.3 Å². The molecule has 0 saturated carbocycles. The molecule has 3 rings (SSSR count). The van der Waals surface area contributed by atoms with E-state index in [1.165, 1.54) is 11.3 Å². The standard InChI is InChI=1S/C16H16N2O2S/c1-11-4-6-13(7-5-11)18-10-12(9-15(18)19)17-16(20)14-3-2-8-21-14/h2-8,12H,9-10H2,1H3,(H,17,20)/t12-/m1/s1. The molecular weight excluding hydrogens is 284 g/mol. The minimum Gasteiger partial charge on any atom is -0.346 e. The zero-order valence-electron chi connectivity index (χ0n) is 11.7. The van der Waals surface area contributed by atoms with Crippen molar-refractivity contribution in [3.05, 3.63) is 52.2 Å². The predicted octanol–water partition coefficient (Wildman–Crippen LogP) is 2.59. The van der Waals surface area contributed by atoms with Gasteiger partial charge in [0.05, 0.1) is 10.9 Å². The molecule has 108 valence electrons. The van der Waals surface area contributed by atoms with Crippen LogP contribution in [-0.4, -0.2) is 24.4 Å². The molecular formula is C16H16N2O2S. The maximum absolute atomic E-state index is 12.1. The number of carbonyl (C=O) groups excluding carboxylic acids is 2. The van der Waals surface area contributed by atoms with Crippen molar-refractivity contribution in [2.45, 2.75) is 19.4 Å². The van der Waals surface area contributed by atoms with E-state index >= 15 is 0 Å². The van der Waals surface area contributed by atoms with Gasteiger partial charge in [0.2, 0.25) is 5.91 Å². The Labute approximate surface area is 127 Å². The van der Waals surface area contributed by atoms with E-state index < -0.39 is 0 Å². The van der Waals surface area contributed by atoms with Crippen molar-refractivity contribution >= 4 is 28.8 Å². The molecule has 0 radical (unpaired) electrons. The predicted molar refractivity (Wildman–Crippen MR) is 83.7 cm³/mol. The summed E-state index contributed by atoms with van der Waals surface area (Å²) in [5, 5.41) is 4.80. The zero-order chi connectivity index (χ0) is 14.8. The quantitative estimate of drug-likeness (QED) is 0.947. The third kappa shape index (κ3) is 2.97. The summed E-state index contributed by atoms with van der Waals surface area (Å²) >= 11 is 1.40. The summed E-state index contributed by atoms with van der Waals surface area (Å²) in [5.41, 5.74) is 2.05. The van der Waals surface area contributed by atoms with Crippen LogP contribution in [0.5, 0.6) is 0 Å². The highest BCUT2D eigenvalue weighted by molar-refractivity contribution is 7.12. The molecule has 0 spiro atoms. The Morgan fingerprint density at radius 1 is 1.29 bits per heavy atom. The molecule has 1 saturated heterocycles. The van der Waals surface area contributed by atoms with Gasteiger partial charge in [0.15, 0.2) is 0 Å². The Morgan fingerprint density at radius 3 is 2.71 bits per heavy atom. The van der Waals surface area contributed by atoms with E-state index in [2.05, 4.69) is 5.32 Å². The van der Waals surface area contributed by atoms with E-state index in [0.29, 0.717) is 17.8 Å². The number of amides is 2. The first-order valence-corrected chi connectivity index (χ1v) is 7.73. The first-order chi connectivity index (χ1) is 10.1. The number of carbonyl (C=O) groups is 2. The van der Waals surface area contributed by atoms with Gasteiger partial charge in [-0.15, -0.1) is 11.3 Å². The summed E-state index contributed by atoms with van der Waals surface area (Å²) in [4.78, 5) is 26.6. The van der Waals surface area contributed by atoms with Crippen LogP contribution in [0.15, 0.2) is 41.8 Å². The second kappa shape index (κ2) is 5.69. The van der Waals surface area contributed by atoms with E-state index in [1.54, 1.807) is 11.0 Å². The van der Waals surface area contributed by atoms with Gasteiger partial charge in [0.1, 0.15) is 0 Å². The lowest BCUT2D eigenvalue weighted by atomic mass is 10.2. The van der Waals surface area contributed by atoms with Crippen LogP contribution in [0.1, 0.15) is 21.7 Å². The van der Waals surface area contributed by atoms with Crippen molar-refractivity contribution in [3.63, 3.8) is 0 Å². The maximum atomic E-state index is 12.1. The van der Waals surface area contributed by atoms with Crippen molar-refractivity contribution < 1.29 is 9.59 Å². The fraction of sp³-hybridized carbons (Fsp3) is 0.250. The number of benzene rings is 1. The number of aryl methyl sites for hydroxylation is 1. The van der Waals surface area contributed by atoms with Crippen LogP contribution in [0.25, 0.3) is 0 Å². The molecule has 1 aromatic heterocycles. The van der Waals surface area contributed by atoms with Crippen molar-refractivity contribution in [2.75, 3.05) is 11.4 Å². The molecule has 21 heavy (non-hydrogen) atoms. The molecule has 2 amide bonds. The SMILES string of the molecule is Cc1ccc(N2C[C@H](NC(=O)c3cccs3)CC2=O)cc1. The lowest BCUT2D eigenvalue weighted by Gasteiger charge is -2.17. The average molecular weight is 300 g/mol. The van der Waals surface area contributed by atoms with Crippen molar-refractivity contribution in [1.82, 2.24) is 5.32 Å². The molecule has 1 aliphatic rings. The van der Waals surface area contributed by atoms with Crippen molar-refractivity contribution in [2.24, 2.45) is 0 Å². The molecule has 0 aliphatic carbocycles. The molecule has 1 aliphatic heterocycles. The van der Waals surface area contributed by atoms with E-state index in [0.717, 1.165) is 11.3 Å². The highest BCUT2D eigenvalue weighted by atomic mass is 32.1. The Morgan fingerprint density at radius 2 is 2.05 bits per heavy atom. The zero-order valence-corrected chi connectivity index (χ0v) is 12.5. The first-order valence-electron chi connectivity index (χ1n) is 6.85. The summed E-state index contributed by atoms with van der Waals surface area (Å²) in [6.07, 6.45) is 0.352. The van der Waals surface area contributed by atoms with E-state index in [-0.39, 0.29) is 17.9 Å². The highest BCUT2D eigenvalue weighted by Crippen LogP contribution is 2.22. The largest absolute Gasteiger partial charge is 0.346 e. The Bertz CT molecular complexity index is 649. The number of nitrogens with one attached hydrogen (secondary N) is 1. The van der Waals surface area contributed by atoms with Crippen molar-refractivity contribution in [3.8, 4) is 0 Å². The highest BCUT2D eigenvalue weighted by Gasteiger charge is 2.31. The smallest absolute Gasteiger partial charge is 0.261 e. The number of hydrogen-bond donors (Lipinski definition) is 1. The minimum absolute atomic E-state index is 0.0512. The second-order valence-electron chi connectivity index (χ2n) is 5.19. The summed E-state index contributed by atoms with van der Waals surface area (Å²) < 4.78 is 0. The average Bonchev–Trinajstić information content (AvgIpc) is 3.10. The topological polar surface area (TPSA) is 49.4 Å². The molecule has 1 N–H and O–H groups in total. The van der Waals surface area contributed by atoms with Crippen LogP contribution in [0.2, 0.25) is 0 Å². The monoisotopic (exact) mass is 300 g/mol. The number of rotatable bonds is 3. The van der Waals surface area contributed by atoms with Crippen LogP contribution in [0, 0.1) is 6.92 Å². The molecule has 5 heteroatoms. The van der Waals surface area contributed by atoms with Gasteiger partial charge in [0, 0.05) is 18.7 Å². The van der Waals surface area contributed by atoms with Gasteiger partial charge in [-0.05, 0) is 30.5 Å². The van der Waals surface area contributed by atoms with Gasteiger partial charge in [-0.2, -0.15) is 0 Å². The maximum Gasteiger partial charge on any atom is 0.261 e. The van der Waals surface area contributed by atoms with E-state index in [1.807, 2.05) is 42.6 Å². The van der Waals surface area contributed by atoms with Gasteiger partial charge >= 0.3 is 0 Å². The number of anilines is 1. The molecule has 1 aromatic carbocycles. The Hall–Kier alpha value is -2.14. The summed E-state index contributed by atoms with van der Waals surface area (Å²) in [7, 11) is 0. The molecule has 2 aromatic rings. The summed E-state index contributed by atoms with van der Waals surface area (Å²) in [5.74, 6) is -0.0520. The summed E-state index contributed by atoms with van der Waals surface area (Å²) in [6.45, 7) is 2.54. The molecule has 2 heterocycles. The number of thiophene rings is 1. The molecule has 1 atom stereocenters. The second-order valence-corrected chi connectivity index (χ2v) is 6.14. The fourth-order valence-corrected chi connectivity index (χ4v) is 3.07. The Kier molecular flexibility index (Phi) is 3.75. The van der Waals surface area contributed by atoms with Gasteiger partial charge in [-0.25, -0.2) is 0 Å². The first kappa shape index (κ1) is 13.8. The number of nitrogens with zero attached hydrogens (tertiary/aromatic N) is 1. The van der Waals surface area contributed by atoms with Gasteiger partial charge < -0.3 is 10.2 Å². The van der Waals surface area contributed by atoms with E-state index in [4.69, 9.17) is 0 Å². The third-order valence-corrected chi connectivity index (χ3v) is 4.42. The fourth-order valence-electron chi connectivity index (χ4n) is 2.44. The lowest BCUT2D eigenvalue weighted by Crippen LogP contribution is -2.36. The summed E-state index contributed by atoms with van der Waals surface area (Å²) in [6, 6.07) is 11.4. The lowest BCUT2D eigenvalue weighted by molar-refractivity contribution is -0.117. The van der Waals surface area contributed by atoms with Gasteiger partial charge in [-0.3, -0.25) is 9.59 Å². The minimum atomic E-state index is -0.131. The molecule has 0 unspecified atom stereocenters. The molecule has 4 nitrogen and oxygen atoms in total. The van der Waals surface area contributed by atoms with Crippen LogP contribution < -0.4 is 10.2 Å². The molecule has 1 fully saturated rings. The van der Waals surface area contributed by atoms with Crippen LogP contribution in [0.3, 0.4) is 0 Å².